The summed E-state index contributed by atoms with van der Waals surface area (Å²) in [5.41, 5.74) is 0.820. The van der Waals surface area contributed by atoms with E-state index in [0.29, 0.717) is 10.8 Å². The van der Waals surface area contributed by atoms with Gasteiger partial charge >= 0.3 is 0 Å². The minimum atomic E-state index is -0.203. The predicted octanol–water partition coefficient (Wildman–Crippen LogP) is 4.55. The number of rotatable bonds is 4. The lowest BCUT2D eigenvalue weighted by Gasteiger charge is -2.44. The van der Waals surface area contributed by atoms with Gasteiger partial charge in [-0.05, 0) is 74.6 Å². The Bertz CT molecular complexity index is 816. The normalized spacial score (nSPS) is 30.5. The number of fused-ring (bicyclic) bond motifs is 1. The molecule has 2 saturated carbocycles. The van der Waals surface area contributed by atoms with E-state index in [1.165, 1.54) is 0 Å². The first-order chi connectivity index (χ1) is 14.5. The molecule has 4 rings (SSSR count). The van der Waals surface area contributed by atoms with Crippen molar-refractivity contribution in [1.82, 2.24) is 10.2 Å². The Morgan fingerprint density at radius 1 is 1.20 bits per heavy atom. The summed E-state index contributed by atoms with van der Waals surface area (Å²) in [5, 5.41) is 3.78. The van der Waals surface area contributed by atoms with E-state index >= 15 is 0 Å². The maximum atomic E-state index is 13.3. The number of morpholine rings is 1. The number of carbonyl (C=O) groups excluding carboxylic acids is 2. The Labute approximate surface area is 183 Å². The zero-order chi connectivity index (χ0) is 21.1. The fraction of sp³-hybridized carbons (Fsp3) is 0.583. The molecule has 6 heteroatoms. The van der Waals surface area contributed by atoms with Gasteiger partial charge < -0.3 is 15.0 Å². The second-order valence-corrected chi connectivity index (χ2v) is 9.47. The molecule has 1 heterocycles. The van der Waals surface area contributed by atoms with Crippen LogP contribution in [0, 0.1) is 5.92 Å². The van der Waals surface area contributed by atoms with Crippen molar-refractivity contribution in [3.8, 4) is 0 Å². The highest BCUT2D eigenvalue weighted by molar-refractivity contribution is 6.30. The van der Waals surface area contributed by atoms with E-state index in [4.69, 9.17) is 16.3 Å². The molecule has 3 aliphatic rings. The zero-order valence-corrected chi connectivity index (χ0v) is 18.4. The van der Waals surface area contributed by atoms with Gasteiger partial charge in [0.15, 0.2) is 5.76 Å². The molecule has 2 atom stereocenters. The van der Waals surface area contributed by atoms with Crippen molar-refractivity contribution in [1.29, 1.82) is 0 Å². The Morgan fingerprint density at radius 2 is 1.97 bits per heavy atom. The van der Waals surface area contributed by atoms with Crippen molar-refractivity contribution in [3.63, 3.8) is 0 Å². The van der Waals surface area contributed by atoms with Gasteiger partial charge in [0.1, 0.15) is 12.6 Å². The molecule has 1 aliphatic heterocycles. The molecule has 30 heavy (non-hydrogen) atoms. The fourth-order valence-electron chi connectivity index (χ4n) is 4.94. The number of halogens is 1. The highest BCUT2D eigenvalue weighted by atomic mass is 35.5. The maximum absolute atomic E-state index is 13.3. The van der Waals surface area contributed by atoms with E-state index in [1.54, 1.807) is 23.1 Å². The SMILES string of the molecule is CC1CCC(NC(=O)CN2C(=O)/C(=C\c3cccc(Cl)c3)OC3CCCCC32)CC1. The summed E-state index contributed by atoms with van der Waals surface area (Å²) in [4.78, 5) is 27.8. The van der Waals surface area contributed by atoms with E-state index in [1.807, 2.05) is 12.1 Å². The van der Waals surface area contributed by atoms with Crippen LogP contribution in [0.4, 0.5) is 0 Å². The first kappa shape index (κ1) is 21.2. The van der Waals surface area contributed by atoms with Crippen molar-refractivity contribution in [2.45, 2.75) is 76.5 Å². The molecule has 0 spiro atoms. The fourth-order valence-corrected chi connectivity index (χ4v) is 5.14. The predicted molar refractivity (Wildman–Crippen MR) is 118 cm³/mol. The van der Waals surface area contributed by atoms with E-state index in [0.717, 1.165) is 62.8 Å². The van der Waals surface area contributed by atoms with E-state index in [9.17, 15) is 9.59 Å². The minimum Gasteiger partial charge on any atom is -0.482 e. The van der Waals surface area contributed by atoms with Gasteiger partial charge in [-0.25, -0.2) is 0 Å². The van der Waals surface area contributed by atoms with Gasteiger partial charge in [0.25, 0.3) is 5.91 Å². The Morgan fingerprint density at radius 3 is 2.73 bits per heavy atom. The first-order valence-electron chi connectivity index (χ1n) is 11.2. The van der Waals surface area contributed by atoms with Crippen LogP contribution in [0.25, 0.3) is 6.08 Å². The average Bonchev–Trinajstić information content (AvgIpc) is 2.73. The second kappa shape index (κ2) is 9.42. The summed E-state index contributed by atoms with van der Waals surface area (Å²) in [6.45, 7) is 2.36. The largest absolute Gasteiger partial charge is 0.482 e. The molecule has 1 aromatic rings. The van der Waals surface area contributed by atoms with Gasteiger partial charge in [-0.15, -0.1) is 0 Å². The van der Waals surface area contributed by atoms with Crippen molar-refractivity contribution in [2.75, 3.05) is 6.54 Å². The van der Waals surface area contributed by atoms with Gasteiger partial charge in [0, 0.05) is 11.1 Å². The molecule has 1 aromatic carbocycles. The highest BCUT2D eigenvalue weighted by Gasteiger charge is 2.42. The lowest BCUT2D eigenvalue weighted by atomic mass is 9.87. The standard InChI is InChI=1S/C24H31ClN2O3/c1-16-9-11-19(12-10-16)26-23(28)15-27-20-7-2-3-8-21(20)30-22(24(27)29)14-17-5-4-6-18(25)13-17/h4-6,13-14,16,19-21H,2-3,7-12,15H2,1H3,(H,26,28)/b22-14+. The van der Waals surface area contributed by atoms with Crippen LogP contribution in [0.1, 0.15) is 63.9 Å². The number of hydrogen-bond acceptors (Lipinski definition) is 3. The highest BCUT2D eigenvalue weighted by Crippen LogP contribution is 2.33. The summed E-state index contributed by atoms with van der Waals surface area (Å²) in [6, 6.07) is 7.55. The third-order valence-electron chi connectivity index (χ3n) is 6.66. The quantitative estimate of drug-likeness (QED) is 0.713. The van der Waals surface area contributed by atoms with Crippen molar-refractivity contribution in [3.05, 3.63) is 40.6 Å². The third-order valence-corrected chi connectivity index (χ3v) is 6.89. The molecule has 2 amide bonds. The monoisotopic (exact) mass is 430 g/mol. The summed E-state index contributed by atoms with van der Waals surface area (Å²) < 4.78 is 6.12. The molecular formula is C24H31ClN2O3. The van der Waals surface area contributed by atoms with Gasteiger partial charge in [-0.1, -0.05) is 37.1 Å². The van der Waals surface area contributed by atoms with E-state index in [2.05, 4.69) is 12.2 Å². The molecular weight excluding hydrogens is 400 g/mol. The smallest absolute Gasteiger partial charge is 0.289 e. The van der Waals surface area contributed by atoms with Crippen LogP contribution in [0.2, 0.25) is 5.02 Å². The summed E-state index contributed by atoms with van der Waals surface area (Å²) >= 11 is 6.09. The lowest BCUT2D eigenvalue weighted by Crippen LogP contribution is -2.57. The Hall–Kier alpha value is -2.01. The summed E-state index contributed by atoms with van der Waals surface area (Å²) in [7, 11) is 0. The molecule has 2 aliphatic carbocycles. The minimum absolute atomic E-state index is 0.0279. The van der Waals surface area contributed by atoms with E-state index < -0.39 is 0 Å². The molecule has 0 aromatic heterocycles. The van der Waals surface area contributed by atoms with Crippen LogP contribution in [-0.2, 0) is 14.3 Å². The van der Waals surface area contributed by atoms with Crippen LogP contribution < -0.4 is 5.32 Å². The number of hydrogen-bond donors (Lipinski definition) is 1. The molecule has 0 bridgehead atoms. The number of carbonyl (C=O) groups is 2. The van der Waals surface area contributed by atoms with Gasteiger partial charge in [-0.2, -0.15) is 0 Å². The van der Waals surface area contributed by atoms with Crippen LogP contribution in [-0.4, -0.2) is 41.4 Å². The summed E-state index contributed by atoms with van der Waals surface area (Å²) in [6.07, 6.45) is 9.98. The van der Waals surface area contributed by atoms with Crippen molar-refractivity contribution >= 4 is 29.5 Å². The number of nitrogens with one attached hydrogen (secondary N) is 1. The van der Waals surface area contributed by atoms with Crippen LogP contribution in [0.3, 0.4) is 0 Å². The number of benzene rings is 1. The van der Waals surface area contributed by atoms with Crippen LogP contribution >= 0.6 is 11.6 Å². The molecule has 1 N–H and O–H groups in total. The lowest BCUT2D eigenvalue weighted by molar-refractivity contribution is -0.152. The molecule has 5 nitrogen and oxygen atoms in total. The third kappa shape index (κ3) is 5.00. The van der Waals surface area contributed by atoms with Crippen molar-refractivity contribution < 1.29 is 14.3 Å². The molecule has 1 saturated heterocycles. The molecule has 3 fully saturated rings. The van der Waals surface area contributed by atoms with Crippen LogP contribution in [0.15, 0.2) is 30.0 Å². The molecule has 162 valence electrons. The molecule has 0 radical (unpaired) electrons. The number of nitrogens with zero attached hydrogens (tertiary/aromatic N) is 1. The van der Waals surface area contributed by atoms with Gasteiger partial charge in [0.2, 0.25) is 5.91 Å². The van der Waals surface area contributed by atoms with Gasteiger partial charge in [-0.3, -0.25) is 9.59 Å². The number of amides is 2. The van der Waals surface area contributed by atoms with Crippen LogP contribution in [0.5, 0.6) is 0 Å². The maximum Gasteiger partial charge on any atom is 0.289 e. The van der Waals surface area contributed by atoms with Crippen molar-refractivity contribution in [2.24, 2.45) is 5.92 Å². The zero-order valence-electron chi connectivity index (χ0n) is 17.6. The Kier molecular flexibility index (Phi) is 6.67. The first-order valence-corrected chi connectivity index (χ1v) is 11.6. The van der Waals surface area contributed by atoms with E-state index in [-0.39, 0.29) is 36.5 Å². The van der Waals surface area contributed by atoms with Gasteiger partial charge in [0.05, 0.1) is 6.04 Å². The summed E-state index contributed by atoms with van der Waals surface area (Å²) in [5.74, 6) is 0.780. The topological polar surface area (TPSA) is 58.6 Å². The molecule has 2 unspecified atom stereocenters. The second-order valence-electron chi connectivity index (χ2n) is 9.03. The average molecular weight is 431 g/mol. The Balaban J connectivity index is 1.49. The number of ether oxygens (including phenoxy) is 1.